The van der Waals surface area contributed by atoms with Crippen LogP contribution in [0.15, 0.2) is 109 Å². The molecule has 0 aromatic rings. The van der Waals surface area contributed by atoms with Gasteiger partial charge in [0.05, 0.1) is 0 Å². The molecule has 0 fully saturated rings. The Hall–Kier alpha value is -3.93. The summed E-state index contributed by atoms with van der Waals surface area (Å²) < 4.78 is 16.8. The van der Waals surface area contributed by atoms with Crippen molar-refractivity contribution in [3.63, 3.8) is 0 Å². The van der Waals surface area contributed by atoms with Gasteiger partial charge in [-0.15, -0.1) is 0 Å². The molecule has 1 unspecified atom stereocenters. The minimum Gasteiger partial charge on any atom is -0.462 e. The van der Waals surface area contributed by atoms with Gasteiger partial charge in [-0.1, -0.05) is 304 Å². The molecule has 0 amide bonds. The lowest BCUT2D eigenvalue weighted by atomic mass is 10.0. The van der Waals surface area contributed by atoms with Crippen LogP contribution in [0.3, 0.4) is 0 Å². The summed E-state index contributed by atoms with van der Waals surface area (Å²) in [5.41, 5.74) is 0. The number of ether oxygens (including phenoxy) is 3. The van der Waals surface area contributed by atoms with Crippen molar-refractivity contribution in [1.82, 2.24) is 0 Å². The third kappa shape index (κ3) is 64.8. The number of unbranched alkanes of at least 4 members (excludes halogenated alkanes) is 31. The molecule has 6 nitrogen and oxygen atoms in total. The molecule has 6 heteroatoms. The predicted molar refractivity (Wildman–Crippen MR) is 343 cm³/mol. The van der Waals surface area contributed by atoms with Crippen molar-refractivity contribution in [3.8, 4) is 0 Å². The van der Waals surface area contributed by atoms with E-state index in [2.05, 4.69) is 130 Å². The lowest BCUT2D eigenvalue weighted by Gasteiger charge is -2.18. The average Bonchev–Trinajstić information content (AvgIpc) is 3.45. The third-order valence-electron chi connectivity index (χ3n) is 14.3. The summed E-state index contributed by atoms with van der Waals surface area (Å²) in [4.78, 5) is 38.2. The standard InChI is InChI=1S/C73H124O6/c1-4-7-10-13-16-19-21-23-25-27-29-31-33-34-35-36-37-38-40-41-43-45-47-49-51-54-57-60-63-66-72(75)78-69-70(68-77-71(74)65-62-59-56-53-18-15-12-9-6-3)79-73(76)67-64-61-58-55-52-50-48-46-44-42-39-32-30-28-26-24-22-20-17-14-11-8-5-2/h8,11,17,20-21,23-24,26-27,29-30,32,42,44,48,50,55,58,70H,4-7,9-10,12-16,18-19,22,25,28,31,33-41,43,45-47,49,51-54,56-57,59-69H2,1-3H3/b11-8-,20-17-,23-21-,26-24-,29-27-,32-30-,44-42-,50-48-,58-55-. The average molecular weight is 1100 g/mol. The zero-order valence-electron chi connectivity index (χ0n) is 51.9. The van der Waals surface area contributed by atoms with E-state index in [9.17, 15) is 14.4 Å². The van der Waals surface area contributed by atoms with Crippen molar-refractivity contribution in [1.29, 1.82) is 0 Å². The van der Waals surface area contributed by atoms with Crippen LogP contribution in [0.4, 0.5) is 0 Å². The molecule has 0 aliphatic rings. The van der Waals surface area contributed by atoms with Crippen molar-refractivity contribution in [2.75, 3.05) is 13.2 Å². The van der Waals surface area contributed by atoms with Gasteiger partial charge in [0.25, 0.3) is 0 Å². The van der Waals surface area contributed by atoms with E-state index in [0.717, 1.165) is 96.3 Å². The molecule has 0 aromatic heterocycles. The first kappa shape index (κ1) is 75.1. The second kappa shape index (κ2) is 66.6. The highest BCUT2D eigenvalue weighted by Crippen LogP contribution is 2.16. The van der Waals surface area contributed by atoms with E-state index >= 15 is 0 Å². The van der Waals surface area contributed by atoms with E-state index in [4.69, 9.17) is 14.2 Å². The zero-order chi connectivity index (χ0) is 57.1. The highest BCUT2D eigenvalue weighted by molar-refractivity contribution is 5.71. The first-order chi connectivity index (χ1) is 39.0. The van der Waals surface area contributed by atoms with Crippen molar-refractivity contribution >= 4 is 17.9 Å². The maximum Gasteiger partial charge on any atom is 0.306 e. The molecule has 0 bridgehead atoms. The fraction of sp³-hybridized carbons (Fsp3) is 0.712. The number of rotatable bonds is 60. The van der Waals surface area contributed by atoms with Gasteiger partial charge in [-0.3, -0.25) is 14.4 Å². The summed E-state index contributed by atoms with van der Waals surface area (Å²) in [6, 6.07) is 0. The Labute approximate surface area is 489 Å². The van der Waals surface area contributed by atoms with Gasteiger partial charge in [-0.05, 0) is 103 Å². The van der Waals surface area contributed by atoms with Crippen LogP contribution < -0.4 is 0 Å². The largest absolute Gasteiger partial charge is 0.462 e. The van der Waals surface area contributed by atoms with Crippen molar-refractivity contribution in [2.45, 2.75) is 322 Å². The molecule has 0 saturated carbocycles. The van der Waals surface area contributed by atoms with Crippen LogP contribution in [0.25, 0.3) is 0 Å². The van der Waals surface area contributed by atoms with E-state index < -0.39 is 6.10 Å². The Morgan fingerprint density at radius 1 is 0.266 bits per heavy atom. The third-order valence-corrected chi connectivity index (χ3v) is 14.3. The topological polar surface area (TPSA) is 78.9 Å². The van der Waals surface area contributed by atoms with E-state index in [0.29, 0.717) is 19.3 Å². The van der Waals surface area contributed by atoms with Crippen LogP contribution in [0.5, 0.6) is 0 Å². The highest BCUT2D eigenvalue weighted by Gasteiger charge is 2.19. The van der Waals surface area contributed by atoms with Crippen molar-refractivity contribution in [2.24, 2.45) is 0 Å². The Bertz CT molecular complexity index is 1590. The maximum atomic E-state index is 12.9. The number of esters is 3. The Balaban J connectivity index is 4.24. The molecule has 452 valence electrons. The molecular formula is C73H124O6. The molecule has 0 aliphatic carbocycles. The van der Waals surface area contributed by atoms with E-state index in [-0.39, 0.29) is 37.5 Å². The van der Waals surface area contributed by atoms with Gasteiger partial charge in [0.2, 0.25) is 0 Å². The van der Waals surface area contributed by atoms with Crippen molar-refractivity contribution < 1.29 is 28.6 Å². The van der Waals surface area contributed by atoms with Crippen LogP contribution in [0.1, 0.15) is 316 Å². The van der Waals surface area contributed by atoms with Gasteiger partial charge in [0.15, 0.2) is 6.10 Å². The molecular weight excluding hydrogens is 973 g/mol. The van der Waals surface area contributed by atoms with Gasteiger partial charge in [0.1, 0.15) is 13.2 Å². The second-order valence-corrected chi connectivity index (χ2v) is 22.0. The fourth-order valence-electron chi connectivity index (χ4n) is 9.29. The minimum atomic E-state index is -0.808. The second-order valence-electron chi connectivity index (χ2n) is 22.0. The monoisotopic (exact) mass is 1100 g/mol. The summed E-state index contributed by atoms with van der Waals surface area (Å²) in [6.07, 6.45) is 91.3. The Morgan fingerprint density at radius 2 is 0.506 bits per heavy atom. The van der Waals surface area contributed by atoms with Crippen LogP contribution in [-0.2, 0) is 28.6 Å². The lowest BCUT2D eigenvalue weighted by Crippen LogP contribution is -2.30. The molecule has 0 aliphatic heterocycles. The molecule has 0 spiro atoms. The smallest absolute Gasteiger partial charge is 0.306 e. The molecule has 0 N–H and O–H groups in total. The molecule has 0 rings (SSSR count). The van der Waals surface area contributed by atoms with Crippen LogP contribution in [0.2, 0.25) is 0 Å². The van der Waals surface area contributed by atoms with Gasteiger partial charge in [-0.25, -0.2) is 0 Å². The first-order valence-electron chi connectivity index (χ1n) is 33.4. The van der Waals surface area contributed by atoms with Gasteiger partial charge >= 0.3 is 17.9 Å². The number of hydrogen-bond donors (Lipinski definition) is 0. The minimum absolute atomic E-state index is 0.0992. The van der Waals surface area contributed by atoms with E-state index in [1.165, 1.54) is 173 Å². The SMILES string of the molecule is CC/C=C\C/C=C\C/C=C\C/C=C\C/C=C\C/C=C\C/C=C\CCCC(=O)OC(COC(=O)CCCCCCCCCCC)COC(=O)CCCCCCCCCCCCCCCCCCC/C=C\C/C=C\CCCCCCC. The van der Waals surface area contributed by atoms with Gasteiger partial charge < -0.3 is 14.2 Å². The summed E-state index contributed by atoms with van der Waals surface area (Å²) in [5.74, 6) is -0.953. The van der Waals surface area contributed by atoms with Crippen molar-refractivity contribution in [3.05, 3.63) is 109 Å². The normalized spacial score (nSPS) is 12.8. The summed E-state index contributed by atoms with van der Waals surface area (Å²) in [5, 5.41) is 0. The van der Waals surface area contributed by atoms with Crippen LogP contribution >= 0.6 is 0 Å². The molecule has 79 heavy (non-hydrogen) atoms. The maximum absolute atomic E-state index is 12.9. The lowest BCUT2D eigenvalue weighted by molar-refractivity contribution is -0.167. The summed E-state index contributed by atoms with van der Waals surface area (Å²) in [7, 11) is 0. The first-order valence-corrected chi connectivity index (χ1v) is 33.4. The zero-order valence-corrected chi connectivity index (χ0v) is 51.9. The predicted octanol–water partition coefficient (Wildman–Crippen LogP) is 23.0. The quantitative estimate of drug-likeness (QED) is 0.0261. The Kier molecular flexibility index (Phi) is 63.3. The fourth-order valence-corrected chi connectivity index (χ4v) is 9.29. The van der Waals surface area contributed by atoms with Gasteiger partial charge in [-0.2, -0.15) is 0 Å². The molecule has 0 radical (unpaired) electrons. The number of hydrogen-bond acceptors (Lipinski definition) is 6. The summed E-state index contributed by atoms with van der Waals surface area (Å²) in [6.45, 7) is 6.47. The number of carbonyl (C=O) groups excluding carboxylic acids is 3. The highest BCUT2D eigenvalue weighted by atomic mass is 16.6. The number of allylic oxidation sites excluding steroid dienone is 18. The van der Waals surface area contributed by atoms with Crippen LogP contribution in [-0.4, -0.2) is 37.2 Å². The van der Waals surface area contributed by atoms with Crippen LogP contribution in [0, 0.1) is 0 Å². The number of carbonyl (C=O) groups is 3. The van der Waals surface area contributed by atoms with E-state index in [1.54, 1.807) is 0 Å². The molecule has 1 atom stereocenters. The van der Waals surface area contributed by atoms with Gasteiger partial charge in [0, 0.05) is 19.3 Å². The molecule has 0 heterocycles. The van der Waals surface area contributed by atoms with E-state index in [1.807, 2.05) is 0 Å². The molecule has 0 saturated heterocycles. The molecule has 0 aromatic carbocycles. The summed E-state index contributed by atoms with van der Waals surface area (Å²) >= 11 is 0. The Morgan fingerprint density at radius 3 is 0.810 bits per heavy atom.